The van der Waals surface area contributed by atoms with Crippen molar-refractivity contribution in [2.75, 3.05) is 25.9 Å². The molecule has 1 heterocycles. The Morgan fingerprint density at radius 3 is 2.40 bits per heavy atom. The lowest BCUT2D eigenvalue weighted by Crippen LogP contribution is -2.37. The SMILES string of the molecule is CSc1ccc(CN(CC2CCNCC2)C2CC2)cc1. The van der Waals surface area contributed by atoms with Gasteiger partial charge in [-0.3, -0.25) is 4.90 Å². The molecule has 1 saturated heterocycles. The van der Waals surface area contributed by atoms with Gasteiger partial charge in [-0.2, -0.15) is 0 Å². The molecule has 1 aromatic carbocycles. The highest BCUT2D eigenvalue weighted by Gasteiger charge is 2.30. The standard InChI is InChI=1S/C17H26N2S/c1-20-17-6-2-14(3-7-17)12-19(16-4-5-16)13-15-8-10-18-11-9-15/h2-3,6-7,15-16,18H,4-5,8-13H2,1H3. The van der Waals surface area contributed by atoms with Crippen LogP contribution in [0.5, 0.6) is 0 Å². The summed E-state index contributed by atoms with van der Waals surface area (Å²) < 4.78 is 0. The largest absolute Gasteiger partial charge is 0.317 e. The van der Waals surface area contributed by atoms with Gasteiger partial charge in [-0.05, 0) is 68.6 Å². The normalized spacial score (nSPS) is 20.5. The fourth-order valence-electron chi connectivity index (χ4n) is 3.14. The minimum atomic E-state index is 0.866. The average Bonchev–Trinajstić information content (AvgIpc) is 3.33. The van der Waals surface area contributed by atoms with Crippen molar-refractivity contribution in [2.45, 2.75) is 43.2 Å². The van der Waals surface area contributed by atoms with Crippen molar-refractivity contribution in [3.8, 4) is 0 Å². The van der Waals surface area contributed by atoms with Crippen LogP contribution >= 0.6 is 11.8 Å². The summed E-state index contributed by atoms with van der Waals surface area (Å²) in [4.78, 5) is 4.11. The van der Waals surface area contributed by atoms with Crippen LogP contribution in [0.15, 0.2) is 29.2 Å². The number of nitrogens with zero attached hydrogens (tertiary/aromatic N) is 1. The Kier molecular flexibility index (Phi) is 5.03. The molecule has 110 valence electrons. The number of rotatable bonds is 6. The number of piperidine rings is 1. The maximum atomic E-state index is 3.47. The monoisotopic (exact) mass is 290 g/mol. The summed E-state index contributed by atoms with van der Waals surface area (Å²) in [5, 5.41) is 3.47. The minimum Gasteiger partial charge on any atom is -0.317 e. The van der Waals surface area contributed by atoms with E-state index in [4.69, 9.17) is 0 Å². The third-order valence-corrected chi connectivity index (χ3v) is 5.30. The fraction of sp³-hybridized carbons (Fsp3) is 0.647. The summed E-state index contributed by atoms with van der Waals surface area (Å²) in [6.45, 7) is 4.87. The minimum absolute atomic E-state index is 0.866. The Labute approximate surface area is 127 Å². The van der Waals surface area contributed by atoms with Gasteiger partial charge < -0.3 is 5.32 Å². The molecule has 2 fully saturated rings. The first-order valence-electron chi connectivity index (χ1n) is 7.93. The number of hydrogen-bond acceptors (Lipinski definition) is 3. The second-order valence-corrected chi connectivity index (χ2v) is 7.08. The molecule has 0 atom stereocenters. The number of nitrogens with one attached hydrogen (secondary N) is 1. The number of thioether (sulfide) groups is 1. The van der Waals surface area contributed by atoms with Crippen LogP contribution in [0.4, 0.5) is 0 Å². The highest BCUT2D eigenvalue weighted by molar-refractivity contribution is 7.98. The van der Waals surface area contributed by atoms with Gasteiger partial charge in [0.25, 0.3) is 0 Å². The van der Waals surface area contributed by atoms with E-state index in [1.807, 2.05) is 11.8 Å². The highest BCUT2D eigenvalue weighted by Crippen LogP contribution is 2.30. The molecular weight excluding hydrogens is 264 g/mol. The quantitative estimate of drug-likeness (QED) is 0.809. The number of hydrogen-bond donors (Lipinski definition) is 1. The predicted octanol–water partition coefficient (Wildman–Crippen LogP) is 3.37. The molecule has 0 bridgehead atoms. The number of benzene rings is 1. The molecule has 0 amide bonds. The molecule has 0 spiro atoms. The Balaban J connectivity index is 1.58. The van der Waals surface area contributed by atoms with E-state index in [2.05, 4.69) is 40.7 Å². The summed E-state index contributed by atoms with van der Waals surface area (Å²) in [6.07, 6.45) is 7.67. The van der Waals surface area contributed by atoms with Gasteiger partial charge in [0.2, 0.25) is 0 Å². The van der Waals surface area contributed by atoms with E-state index < -0.39 is 0 Å². The zero-order valence-electron chi connectivity index (χ0n) is 12.5. The maximum absolute atomic E-state index is 3.47. The zero-order valence-corrected chi connectivity index (χ0v) is 13.3. The van der Waals surface area contributed by atoms with E-state index in [9.17, 15) is 0 Å². The van der Waals surface area contributed by atoms with Gasteiger partial charge in [-0.1, -0.05) is 12.1 Å². The molecule has 20 heavy (non-hydrogen) atoms. The molecule has 1 aliphatic carbocycles. The fourth-order valence-corrected chi connectivity index (χ4v) is 3.55. The molecule has 1 saturated carbocycles. The van der Waals surface area contributed by atoms with Crippen molar-refractivity contribution in [2.24, 2.45) is 5.92 Å². The smallest absolute Gasteiger partial charge is 0.0236 e. The molecule has 1 aromatic rings. The maximum Gasteiger partial charge on any atom is 0.0236 e. The topological polar surface area (TPSA) is 15.3 Å². The van der Waals surface area contributed by atoms with Gasteiger partial charge in [0, 0.05) is 24.0 Å². The van der Waals surface area contributed by atoms with Crippen molar-refractivity contribution < 1.29 is 0 Å². The zero-order chi connectivity index (χ0) is 13.8. The summed E-state index contributed by atoms with van der Waals surface area (Å²) in [5.41, 5.74) is 1.48. The van der Waals surface area contributed by atoms with E-state index in [1.165, 1.54) is 55.8 Å². The van der Waals surface area contributed by atoms with E-state index >= 15 is 0 Å². The van der Waals surface area contributed by atoms with Crippen molar-refractivity contribution in [3.05, 3.63) is 29.8 Å². The van der Waals surface area contributed by atoms with Crippen LogP contribution in [0.25, 0.3) is 0 Å². The Bertz CT molecular complexity index is 408. The molecule has 3 heteroatoms. The summed E-state index contributed by atoms with van der Waals surface area (Å²) in [7, 11) is 0. The molecule has 0 radical (unpaired) electrons. The first kappa shape index (κ1) is 14.4. The Hall–Kier alpha value is -0.510. The third-order valence-electron chi connectivity index (χ3n) is 4.56. The van der Waals surface area contributed by atoms with Gasteiger partial charge in [-0.25, -0.2) is 0 Å². The molecule has 1 aliphatic heterocycles. The van der Waals surface area contributed by atoms with Crippen LogP contribution in [-0.4, -0.2) is 36.8 Å². The third kappa shape index (κ3) is 4.00. The molecule has 0 unspecified atom stereocenters. The van der Waals surface area contributed by atoms with Crippen LogP contribution < -0.4 is 5.32 Å². The molecule has 2 aliphatic rings. The van der Waals surface area contributed by atoms with Crippen molar-refractivity contribution in [1.29, 1.82) is 0 Å². The average molecular weight is 290 g/mol. The van der Waals surface area contributed by atoms with E-state index in [1.54, 1.807) is 0 Å². The molecule has 1 N–H and O–H groups in total. The van der Waals surface area contributed by atoms with Crippen molar-refractivity contribution >= 4 is 11.8 Å². The summed E-state index contributed by atoms with van der Waals surface area (Å²) in [5.74, 6) is 0.905. The van der Waals surface area contributed by atoms with Crippen LogP contribution in [0.3, 0.4) is 0 Å². The van der Waals surface area contributed by atoms with Gasteiger partial charge in [0.1, 0.15) is 0 Å². The van der Waals surface area contributed by atoms with E-state index in [-0.39, 0.29) is 0 Å². The van der Waals surface area contributed by atoms with E-state index in [0.717, 1.165) is 18.5 Å². The van der Waals surface area contributed by atoms with Crippen molar-refractivity contribution in [3.63, 3.8) is 0 Å². The van der Waals surface area contributed by atoms with Gasteiger partial charge in [0.05, 0.1) is 0 Å². The lowest BCUT2D eigenvalue weighted by molar-refractivity contribution is 0.190. The summed E-state index contributed by atoms with van der Waals surface area (Å²) >= 11 is 1.82. The first-order valence-corrected chi connectivity index (χ1v) is 9.15. The van der Waals surface area contributed by atoms with Gasteiger partial charge >= 0.3 is 0 Å². The Morgan fingerprint density at radius 2 is 1.80 bits per heavy atom. The molecule has 3 rings (SSSR count). The van der Waals surface area contributed by atoms with E-state index in [0.29, 0.717) is 0 Å². The van der Waals surface area contributed by atoms with Crippen LogP contribution in [0.2, 0.25) is 0 Å². The Morgan fingerprint density at radius 1 is 1.10 bits per heavy atom. The van der Waals surface area contributed by atoms with Crippen molar-refractivity contribution in [1.82, 2.24) is 10.2 Å². The van der Waals surface area contributed by atoms with Gasteiger partial charge in [0.15, 0.2) is 0 Å². The molecule has 0 aromatic heterocycles. The predicted molar refractivity (Wildman–Crippen MR) is 87.2 cm³/mol. The second kappa shape index (κ2) is 6.97. The second-order valence-electron chi connectivity index (χ2n) is 6.20. The molecule has 2 nitrogen and oxygen atoms in total. The lowest BCUT2D eigenvalue weighted by Gasteiger charge is -2.30. The van der Waals surface area contributed by atoms with Gasteiger partial charge in [-0.15, -0.1) is 11.8 Å². The lowest BCUT2D eigenvalue weighted by atomic mass is 9.97. The molecular formula is C17H26N2S. The first-order chi connectivity index (χ1) is 9.85. The van der Waals surface area contributed by atoms with Crippen LogP contribution in [-0.2, 0) is 6.54 Å². The van der Waals surface area contributed by atoms with Crippen LogP contribution in [0, 0.1) is 5.92 Å². The highest BCUT2D eigenvalue weighted by atomic mass is 32.2. The van der Waals surface area contributed by atoms with Crippen LogP contribution in [0.1, 0.15) is 31.2 Å². The summed E-state index contributed by atoms with van der Waals surface area (Å²) in [6, 6.07) is 10.0.